The van der Waals surface area contributed by atoms with Crippen molar-refractivity contribution in [2.45, 2.75) is 25.6 Å². The Morgan fingerprint density at radius 2 is 2.04 bits per heavy atom. The second-order valence-corrected chi connectivity index (χ2v) is 5.47. The van der Waals surface area contributed by atoms with Gasteiger partial charge in [-0.1, -0.05) is 12.2 Å². The number of rotatable bonds is 4. The van der Waals surface area contributed by atoms with Gasteiger partial charge in [0.15, 0.2) is 18.1 Å². The molecule has 1 aliphatic heterocycles. The predicted molar refractivity (Wildman–Crippen MR) is 78.7 cm³/mol. The molecule has 0 unspecified atom stereocenters. The number of fused-ring (bicyclic) bond motifs is 1. The number of carbonyl (C=O) groups excluding carboxylic acids is 2. The minimum atomic E-state index is -3.71. The zero-order valence-corrected chi connectivity index (χ0v) is 12.6. The molecule has 0 fully saturated rings. The van der Waals surface area contributed by atoms with E-state index in [2.05, 4.69) is 14.8 Å². The lowest BCUT2D eigenvalue weighted by Crippen LogP contribution is -2.26. The Balaban J connectivity index is 1.51. The third-order valence-electron chi connectivity index (χ3n) is 3.63. The molecule has 1 N–H and O–H groups in total. The van der Waals surface area contributed by atoms with Crippen LogP contribution in [-0.4, -0.2) is 24.8 Å². The topological polar surface area (TPSA) is 73.9 Å². The van der Waals surface area contributed by atoms with Crippen LogP contribution in [0, 0.1) is 5.92 Å². The number of halogens is 2. The average Bonchev–Trinajstić information content (AvgIpc) is 2.86. The molecule has 24 heavy (non-hydrogen) atoms. The van der Waals surface area contributed by atoms with E-state index in [1.807, 2.05) is 12.2 Å². The Morgan fingerprint density at radius 1 is 1.25 bits per heavy atom. The maximum Gasteiger partial charge on any atom is 0.586 e. The lowest BCUT2D eigenvalue weighted by molar-refractivity contribution is -0.286. The maximum atomic E-state index is 12.9. The minimum absolute atomic E-state index is 0.116. The van der Waals surface area contributed by atoms with Crippen molar-refractivity contribution in [3.63, 3.8) is 0 Å². The molecule has 6 nitrogen and oxygen atoms in total. The van der Waals surface area contributed by atoms with Crippen molar-refractivity contribution in [1.82, 2.24) is 0 Å². The highest BCUT2D eigenvalue weighted by Gasteiger charge is 2.43. The molecular formula is C16H15F2NO5. The van der Waals surface area contributed by atoms with Gasteiger partial charge in [0.05, 0.1) is 5.92 Å². The SMILES string of the molecule is O=C(COC(=O)[C@H]1CC=CCC1)Nc1ccc2c(c1)OC(F)(F)O2. The zero-order valence-electron chi connectivity index (χ0n) is 12.6. The highest BCUT2D eigenvalue weighted by molar-refractivity contribution is 5.93. The summed E-state index contributed by atoms with van der Waals surface area (Å²) in [7, 11) is 0. The van der Waals surface area contributed by atoms with E-state index < -0.39 is 24.8 Å². The molecule has 0 radical (unpaired) electrons. The van der Waals surface area contributed by atoms with Crippen molar-refractivity contribution in [2.75, 3.05) is 11.9 Å². The van der Waals surface area contributed by atoms with Crippen molar-refractivity contribution in [3.05, 3.63) is 30.4 Å². The van der Waals surface area contributed by atoms with Crippen molar-refractivity contribution in [2.24, 2.45) is 5.92 Å². The second-order valence-electron chi connectivity index (χ2n) is 5.47. The minimum Gasteiger partial charge on any atom is -0.455 e. The lowest BCUT2D eigenvalue weighted by atomic mass is 9.95. The number of nitrogens with one attached hydrogen (secondary N) is 1. The van der Waals surface area contributed by atoms with E-state index in [0.717, 1.165) is 6.42 Å². The fraction of sp³-hybridized carbons (Fsp3) is 0.375. The van der Waals surface area contributed by atoms with Gasteiger partial charge in [-0.3, -0.25) is 9.59 Å². The molecule has 1 aliphatic carbocycles. The first kappa shape index (κ1) is 16.2. The second kappa shape index (κ2) is 6.46. The highest BCUT2D eigenvalue weighted by Crippen LogP contribution is 2.42. The van der Waals surface area contributed by atoms with Crippen LogP contribution in [0.15, 0.2) is 30.4 Å². The van der Waals surface area contributed by atoms with E-state index >= 15 is 0 Å². The summed E-state index contributed by atoms with van der Waals surface area (Å²) < 4.78 is 39.4. The summed E-state index contributed by atoms with van der Waals surface area (Å²) in [5.74, 6) is -1.51. The summed E-state index contributed by atoms with van der Waals surface area (Å²) >= 11 is 0. The quantitative estimate of drug-likeness (QED) is 0.674. The van der Waals surface area contributed by atoms with Crippen molar-refractivity contribution in [1.29, 1.82) is 0 Å². The molecule has 1 atom stereocenters. The monoisotopic (exact) mass is 339 g/mol. The summed E-state index contributed by atoms with van der Waals surface area (Å²) in [5, 5.41) is 2.45. The maximum absolute atomic E-state index is 12.9. The molecule has 1 aromatic rings. The van der Waals surface area contributed by atoms with Crippen LogP contribution in [0.4, 0.5) is 14.5 Å². The number of ether oxygens (including phenoxy) is 3. The van der Waals surface area contributed by atoms with E-state index in [0.29, 0.717) is 12.8 Å². The van der Waals surface area contributed by atoms with Crippen LogP contribution in [0.3, 0.4) is 0 Å². The van der Waals surface area contributed by atoms with E-state index in [1.54, 1.807) is 0 Å². The summed E-state index contributed by atoms with van der Waals surface area (Å²) in [5.41, 5.74) is 0.233. The van der Waals surface area contributed by atoms with Gasteiger partial charge in [0.25, 0.3) is 5.91 Å². The number of anilines is 1. The molecule has 1 amide bonds. The summed E-state index contributed by atoms with van der Waals surface area (Å²) in [6.07, 6.45) is 2.32. The fourth-order valence-electron chi connectivity index (χ4n) is 2.49. The van der Waals surface area contributed by atoms with Gasteiger partial charge in [0.2, 0.25) is 0 Å². The van der Waals surface area contributed by atoms with Gasteiger partial charge in [0.1, 0.15) is 0 Å². The molecular weight excluding hydrogens is 324 g/mol. The Bertz CT molecular complexity index is 689. The molecule has 3 rings (SSSR count). The number of allylic oxidation sites excluding steroid dienone is 2. The van der Waals surface area contributed by atoms with Gasteiger partial charge in [-0.25, -0.2) is 0 Å². The van der Waals surface area contributed by atoms with E-state index in [9.17, 15) is 18.4 Å². The molecule has 0 bridgehead atoms. The van der Waals surface area contributed by atoms with E-state index in [-0.39, 0.29) is 23.1 Å². The number of esters is 1. The van der Waals surface area contributed by atoms with Crippen LogP contribution in [0.5, 0.6) is 11.5 Å². The number of benzene rings is 1. The molecule has 8 heteroatoms. The highest BCUT2D eigenvalue weighted by atomic mass is 19.3. The molecule has 0 saturated carbocycles. The lowest BCUT2D eigenvalue weighted by Gasteiger charge is -2.16. The number of amides is 1. The summed E-state index contributed by atoms with van der Waals surface area (Å²) in [4.78, 5) is 23.6. The first-order valence-corrected chi connectivity index (χ1v) is 7.44. The van der Waals surface area contributed by atoms with E-state index in [1.165, 1.54) is 18.2 Å². The van der Waals surface area contributed by atoms with E-state index in [4.69, 9.17) is 4.74 Å². The van der Waals surface area contributed by atoms with Crippen LogP contribution in [0.25, 0.3) is 0 Å². The third kappa shape index (κ3) is 3.81. The van der Waals surface area contributed by atoms with Gasteiger partial charge in [-0.15, -0.1) is 8.78 Å². The van der Waals surface area contributed by atoms with Crippen LogP contribution in [-0.2, 0) is 14.3 Å². The zero-order chi connectivity index (χ0) is 17.2. The summed E-state index contributed by atoms with van der Waals surface area (Å²) in [6, 6.07) is 3.85. The predicted octanol–water partition coefficient (Wildman–Crippen LogP) is 2.85. The first-order valence-electron chi connectivity index (χ1n) is 7.44. The first-order chi connectivity index (χ1) is 11.4. The third-order valence-corrected chi connectivity index (χ3v) is 3.63. The number of carbonyl (C=O) groups is 2. The Kier molecular flexibility index (Phi) is 4.37. The van der Waals surface area contributed by atoms with Crippen LogP contribution >= 0.6 is 0 Å². The molecule has 2 aliphatic rings. The normalized spacial score (nSPS) is 20.5. The largest absolute Gasteiger partial charge is 0.586 e. The molecule has 1 aromatic carbocycles. The number of hydrogen-bond donors (Lipinski definition) is 1. The number of alkyl halides is 2. The van der Waals surface area contributed by atoms with Crippen molar-refractivity contribution >= 4 is 17.6 Å². The molecule has 0 spiro atoms. The van der Waals surface area contributed by atoms with Gasteiger partial charge in [-0.05, 0) is 31.4 Å². The van der Waals surface area contributed by atoms with Gasteiger partial charge in [-0.2, -0.15) is 0 Å². The van der Waals surface area contributed by atoms with Gasteiger partial charge >= 0.3 is 12.3 Å². The smallest absolute Gasteiger partial charge is 0.455 e. The Morgan fingerprint density at radius 3 is 2.79 bits per heavy atom. The average molecular weight is 339 g/mol. The Hall–Kier alpha value is -2.64. The molecule has 0 saturated heterocycles. The summed E-state index contributed by atoms with van der Waals surface area (Å²) in [6.45, 7) is -0.441. The molecule has 1 heterocycles. The van der Waals surface area contributed by atoms with Crippen molar-refractivity contribution < 1.29 is 32.6 Å². The van der Waals surface area contributed by atoms with Gasteiger partial charge in [0, 0.05) is 11.8 Å². The molecule has 128 valence electrons. The van der Waals surface area contributed by atoms with Crippen LogP contribution in [0.1, 0.15) is 19.3 Å². The number of hydrogen-bond acceptors (Lipinski definition) is 5. The van der Waals surface area contributed by atoms with Crippen LogP contribution in [0.2, 0.25) is 0 Å². The fourth-order valence-corrected chi connectivity index (χ4v) is 2.49. The molecule has 0 aromatic heterocycles. The van der Waals surface area contributed by atoms with Crippen LogP contribution < -0.4 is 14.8 Å². The standard InChI is InChI=1S/C16H15F2NO5/c17-16(18)23-12-7-6-11(8-13(12)24-16)19-14(20)9-22-15(21)10-4-2-1-3-5-10/h1-2,6-8,10H,3-5,9H2,(H,19,20)/t10-/m0/s1. The Labute approximate surface area is 136 Å². The van der Waals surface area contributed by atoms with Crippen molar-refractivity contribution in [3.8, 4) is 11.5 Å². The van der Waals surface area contributed by atoms with Gasteiger partial charge < -0.3 is 19.5 Å².